The molecule has 1 aromatic rings. The molecule has 0 fully saturated rings. The lowest BCUT2D eigenvalue weighted by molar-refractivity contribution is -0.385. The lowest BCUT2D eigenvalue weighted by atomic mass is 9.96. The Kier molecular flexibility index (Phi) is 3.60. The first kappa shape index (κ1) is 12.2. The molecule has 16 heavy (non-hydrogen) atoms. The van der Waals surface area contributed by atoms with Gasteiger partial charge in [-0.15, -0.1) is 0 Å². The molecule has 0 saturated heterocycles. The number of hydrogen-bond acceptors (Lipinski definition) is 3. The summed E-state index contributed by atoms with van der Waals surface area (Å²) in [5.74, 6) is -0.540. The van der Waals surface area contributed by atoms with Crippen LogP contribution in [0.3, 0.4) is 0 Å². The Balaban J connectivity index is 3.41. The maximum absolute atomic E-state index is 11.2. The Bertz CT molecular complexity index is 441. The molecule has 5 nitrogen and oxygen atoms in total. The van der Waals surface area contributed by atoms with Gasteiger partial charge in [-0.2, -0.15) is 0 Å². The van der Waals surface area contributed by atoms with Crippen LogP contribution < -0.4 is 5.73 Å². The quantitative estimate of drug-likeness (QED) is 0.624. The zero-order chi connectivity index (χ0) is 12.3. The van der Waals surface area contributed by atoms with Gasteiger partial charge in [-0.3, -0.25) is 14.9 Å². The molecule has 5 heteroatoms. The van der Waals surface area contributed by atoms with E-state index in [1.165, 1.54) is 12.1 Å². The predicted octanol–water partition coefficient (Wildman–Crippen LogP) is 1.95. The van der Waals surface area contributed by atoms with Crippen LogP contribution in [0.1, 0.15) is 34.8 Å². The first-order chi connectivity index (χ1) is 7.49. The van der Waals surface area contributed by atoms with E-state index in [4.69, 9.17) is 5.73 Å². The normalized spacial score (nSPS) is 10.1. The van der Waals surface area contributed by atoms with E-state index in [9.17, 15) is 14.9 Å². The van der Waals surface area contributed by atoms with Crippen molar-refractivity contribution in [2.45, 2.75) is 26.7 Å². The van der Waals surface area contributed by atoms with Gasteiger partial charge in [0.05, 0.1) is 4.92 Å². The van der Waals surface area contributed by atoms with E-state index in [1.54, 1.807) is 6.92 Å². The zero-order valence-corrected chi connectivity index (χ0v) is 9.32. The third-order valence-corrected chi connectivity index (χ3v) is 2.53. The van der Waals surface area contributed by atoms with Crippen LogP contribution in [0.25, 0.3) is 0 Å². The third kappa shape index (κ3) is 2.18. The number of nitro benzene ring substituents is 1. The highest BCUT2D eigenvalue weighted by atomic mass is 16.6. The molecule has 2 N–H and O–H groups in total. The molecule has 0 unspecified atom stereocenters. The van der Waals surface area contributed by atoms with Crippen molar-refractivity contribution in [3.8, 4) is 0 Å². The van der Waals surface area contributed by atoms with Crippen LogP contribution in [0.5, 0.6) is 0 Å². The number of primary amides is 1. The predicted molar refractivity (Wildman–Crippen MR) is 60.3 cm³/mol. The van der Waals surface area contributed by atoms with E-state index in [0.29, 0.717) is 23.1 Å². The molecule has 1 amide bonds. The van der Waals surface area contributed by atoms with Gasteiger partial charge in [0.2, 0.25) is 5.91 Å². The number of nitrogens with zero attached hydrogens (tertiary/aromatic N) is 1. The number of nitrogens with two attached hydrogens (primary N) is 1. The average Bonchev–Trinajstić information content (AvgIpc) is 2.20. The molecule has 1 aromatic carbocycles. The second kappa shape index (κ2) is 4.74. The lowest BCUT2D eigenvalue weighted by Crippen LogP contribution is -2.15. The highest BCUT2D eigenvalue weighted by molar-refractivity contribution is 5.95. The molecule has 1 rings (SSSR count). The number of rotatable bonds is 4. The van der Waals surface area contributed by atoms with Gasteiger partial charge in [-0.25, -0.2) is 0 Å². The van der Waals surface area contributed by atoms with E-state index >= 15 is 0 Å². The summed E-state index contributed by atoms with van der Waals surface area (Å²) in [6.45, 7) is 3.60. The maximum atomic E-state index is 11.2. The molecule has 86 valence electrons. The molecule has 0 saturated carbocycles. The van der Waals surface area contributed by atoms with Crippen LogP contribution >= 0.6 is 0 Å². The molecule has 0 spiro atoms. The number of nitro groups is 1. The van der Waals surface area contributed by atoms with Gasteiger partial charge >= 0.3 is 0 Å². The van der Waals surface area contributed by atoms with E-state index in [2.05, 4.69) is 0 Å². The Morgan fingerprint density at radius 2 is 2.12 bits per heavy atom. The average molecular weight is 222 g/mol. The smallest absolute Gasteiger partial charge is 0.272 e. The number of hydrogen-bond donors (Lipinski definition) is 1. The van der Waals surface area contributed by atoms with Gasteiger partial charge in [0, 0.05) is 17.2 Å². The van der Waals surface area contributed by atoms with E-state index in [0.717, 1.165) is 6.42 Å². The SMILES string of the molecule is CCCc1c(C(N)=O)ccc([N+](=O)[O-])c1C. The zero-order valence-electron chi connectivity index (χ0n) is 9.32. The molecule has 0 heterocycles. The summed E-state index contributed by atoms with van der Waals surface area (Å²) in [6, 6.07) is 2.76. The molecule has 0 bridgehead atoms. The highest BCUT2D eigenvalue weighted by Crippen LogP contribution is 2.25. The van der Waals surface area contributed by atoms with Crippen molar-refractivity contribution in [1.29, 1.82) is 0 Å². The summed E-state index contributed by atoms with van der Waals surface area (Å²) >= 11 is 0. The molecule has 0 aliphatic carbocycles. The van der Waals surface area contributed by atoms with E-state index in [1.807, 2.05) is 6.92 Å². The Labute approximate surface area is 93.4 Å². The van der Waals surface area contributed by atoms with E-state index in [-0.39, 0.29) is 5.69 Å². The van der Waals surface area contributed by atoms with Crippen LogP contribution in [0.15, 0.2) is 12.1 Å². The molecule has 0 radical (unpaired) electrons. The molecule has 0 aromatic heterocycles. The van der Waals surface area contributed by atoms with Crippen LogP contribution in [-0.4, -0.2) is 10.8 Å². The standard InChI is InChI=1S/C11H14N2O3/c1-3-4-8-7(2)10(13(15)16)6-5-9(8)11(12)14/h5-6H,3-4H2,1-2H3,(H2,12,14). The van der Waals surface area contributed by atoms with Crippen molar-refractivity contribution < 1.29 is 9.72 Å². The van der Waals surface area contributed by atoms with Crippen molar-refractivity contribution in [2.75, 3.05) is 0 Å². The van der Waals surface area contributed by atoms with Crippen LogP contribution in [0.4, 0.5) is 5.69 Å². The van der Waals surface area contributed by atoms with Gasteiger partial charge < -0.3 is 5.73 Å². The fraction of sp³-hybridized carbons (Fsp3) is 0.364. The maximum Gasteiger partial charge on any atom is 0.272 e. The minimum atomic E-state index is -0.540. The van der Waals surface area contributed by atoms with Crippen molar-refractivity contribution in [1.82, 2.24) is 0 Å². The molecular formula is C11H14N2O3. The second-order valence-electron chi connectivity index (χ2n) is 3.61. The monoisotopic (exact) mass is 222 g/mol. The molecule has 0 atom stereocenters. The summed E-state index contributed by atoms with van der Waals surface area (Å²) in [7, 11) is 0. The minimum Gasteiger partial charge on any atom is -0.366 e. The Hall–Kier alpha value is -1.91. The van der Waals surface area contributed by atoms with Crippen molar-refractivity contribution in [3.63, 3.8) is 0 Å². The summed E-state index contributed by atoms with van der Waals surface area (Å²) in [4.78, 5) is 21.5. The first-order valence-electron chi connectivity index (χ1n) is 5.05. The minimum absolute atomic E-state index is 0.0356. The van der Waals surface area contributed by atoms with Crippen LogP contribution in [-0.2, 0) is 6.42 Å². The van der Waals surface area contributed by atoms with Gasteiger partial charge in [0.15, 0.2) is 0 Å². The van der Waals surface area contributed by atoms with E-state index < -0.39 is 10.8 Å². The van der Waals surface area contributed by atoms with Gasteiger partial charge in [0.25, 0.3) is 5.69 Å². The topological polar surface area (TPSA) is 86.2 Å². The second-order valence-corrected chi connectivity index (χ2v) is 3.61. The summed E-state index contributed by atoms with van der Waals surface area (Å²) in [5, 5.41) is 10.7. The summed E-state index contributed by atoms with van der Waals surface area (Å²) < 4.78 is 0. The summed E-state index contributed by atoms with van der Waals surface area (Å²) in [5.41, 5.74) is 6.86. The van der Waals surface area contributed by atoms with Crippen LogP contribution in [0, 0.1) is 17.0 Å². The van der Waals surface area contributed by atoms with Gasteiger partial charge in [0.1, 0.15) is 0 Å². The van der Waals surface area contributed by atoms with Crippen LogP contribution in [0.2, 0.25) is 0 Å². The number of benzene rings is 1. The fourth-order valence-corrected chi connectivity index (χ4v) is 1.75. The van der Waals surface area contributed by atoms with Gasteiger partial charge in [-0.1, -0.05) is 13.3 Å². The largest absolute Gasteiger partial charge is 0.366 e. The Morgan fingerprint density at radius 1 is 1.50 bits per heavy atom. The van der Waals surface area contributed by atoms with Crippen molar-refractivity contribution in [3.05, 3.63) is 38.9 Å². The summed E-state index contributed by atoms with van der Waals surface area (Å²) in [6.07, 6.45) is 1.42. The number of carbonyl (C=O) groups excluding carboxylic acids is 1. The molecule has 0 aliphatic heterocycles. The van der Waals surface area contributed by atoms with Crippen molar-refractivity contribution in [2.24, 2.45) is 5.73 Å². The fourth-order valence-electron chi connectivity index (χ4n) is 1.75. The first-order valence-corrected chi connectivity index (χ1v) is 5.05. The lowest BCUT2D eigenvalue weighted by Gasteiger charge is -2.09. The molecular weight excluding hydrogens is 208 g/mol. The number of carbonyl (C=O) groups is 1. The molecule has 0 aliphatic rings. The van der Waals surface area contributed by atoms with Crippen molar-refractivity contribution >= 4 is 11.6 Å². The van der Waals surface area contributed by atoms with Gasteiger partial charge in [-0.05, 0) is 25.0 Å². The highest BCUT2D eigenvalue weighted by Gasteiger charge is 2.18. The third-order valence-electron chi connectivity index (χ3n) is 2.53. The number of amides is 1. The Morgan fingerprint density at radius 3 is 2.56 bits per heavy atom.